The van der Waals surface area contributed by atoms with Crippen molar-refractivity contribution in [1.82, 2.24) is 10.6 Å². The number of amides is 2. The molecule has 6 nitrogen and oxygen atoms in total. The Morgan fingerprint density at radius 2 is 2.18 bits per heavy atom. The Labute approximate surface area is 136 Å². The van der Waals surface area contributed by atoms with E-state index in [4.69, 9.17) is 4.74 Å². The summed E-state index contributed by atoms with van der Waals surface area (Å²) < 4.78 is 5.91. The topological polar surface area (TPSA) is 87.7 Å². The zero-order valence-corrected chi connectivity index (χ0v) is 13.9. The summed E-state index contributed by atoms with van der Waals surface area (Å²) in [5.74, 6) is -0.528. The first-order valence-corrected chi connectivity index (χ1v) is 7.67. The van der Waals surface area contributed by atoms with E-state index in [-0.39, 0.29) is 11.3 Å². The number of benzene rings is 1. The highest BCUT2D eigenvalue weighted by molar-refractivity contribution is 9.10. The molecule has 1 unspecified atom stereocenters. The van der Waals surface area contributed by atoms with Crippen LogP contribution >= 0.6 is 15.9 Å². The largest absolute Gasteiger partial charge is 0.508 e. The number of rotatable bonds is 4. The number of carbonyl (C=O) groups is 2. The van der Waals surface area contributed by atoms with E-state index >= 15 is 0 Å². The molecule has 1 aromatic carbocycles. The molecule has 0 aromatic heterocycles. The third-order valence-electron chi connectivity index (χ3n) is 3.23. The molecule has 2 amide bonds. The molecule has 1 atom stereocenters. The van der Waals surface area contributed by atoms with Gasteiger partial charge in [-0.05, 0) is 31.5 Å². The van der Waals surface area contributed by atoms with Crippen LogP contribution in [-0.2, 0) is 9.53 Å². The number of ether oxygens (including phenoxy) is 1. The molecular formula is C15H17BrN2O4. The van der Waals surface area contributed by atoms with E-state index < -0.39 is 18.0 Å². The van der Waals surface area contributed by atoms with Crippen molar-refractivity contribution in [2.24, 2.45) is 0 Å². The third kappa shape index (κ3) is 3.41. The van der Waals surface area contributed by atoms with Crippen LogP contribution in [0.1, 0.15) is 31.9 Å². The average Bonchev–Trinajstić information content (AvgIpc) is 2.46. The summed E-state index contributed by atoms with van der Waals surface area (Å²) in [6.45, 7) is 3.82. The van der Waals surface area contributed by atoms with Crippen molar-refractivity contribution in [2.75, 3.05) is 6.61 Å². The van der Waals surface area contributed by atoms with Crippen LogP contribution in [-0.4, -0.2) is 23.7 Å². The van der Waals surface area contributed by atoms with Crippen LogP contribution in [0.2, 0.25) is 0 Å². The van der Waals surface area contributed by atoms with Crippen LogP contribution in [0.4, 0.5) is 4.79 Å². The monoisotopic (exact) mass is 368 g/mol. The molecule has 1 aliphatic heterocycles. The second kappa shape index (κ2) is 6.83. The number of nitrogens with one attached hydrogen (secondary N) is 2. The maximum Gasteiger partial charge on any atom is 0.338 e. The fourth-order valence-corrected chi connectivity index (χ4v) is 2.61. The van der Waals surface area contributed by atoms with Crippen molar-refractivity contribution >= 4 is 27.9 Å². The van der Waals surface area contributed by atoms with Crippen molar-refractivity contribution < 1.29 is 19.4 Å². The Balaban J connectivity index is 2.45. The molecule has 2 rings (SSSR count). The molecule has 0 aliphatic carbocycles. The van der Waals surface area contributed by atoms with E-state index in [1.165, 1.54) is 6.07 Å². The molecule has 0 bridgehead atoms. The predicted octanol–water partition coefficient (Wildman–Crippen LogP) is 2.74. The SMILES string of the molecule is CCCOC(=O)C1=C(C)NC(=O)NC1c1cc(Br)ccc1O. The fourth-order valence-electron chi connectivity index (χ4n) is 2.23. The minimum Gasteiger partial charge on any atom is -0.508 e. The molecule has 22 heavy (non-hydrogen) atoms. The predicted molar refractivity (Wildman–Crippen MR) is 84.2 cm³/mol. The summed E-state index contributed by atoms with van der Waals surface area (Å²) in [6, 6.07) is 3.63. The Kier molecular flexibility index (Phi) is 5.07. The molecule has 0 radical (unpaired) electrons. The molecule has 0 saturated heterocycles. The highest BCUT2D eigenvalue weighted by Crippen LogP contribution is 2.34. The molecule has 1 heterocycles. The van der Waals surface area contributed by atoms with E-state index in [0.717, 1.165) is 4.47 Å². The lowest BCUT2D eigenvalue weighted by molar-refractivity contribution is -0.139. The Morgan fingerprint density at radius 3 is 2.86 bits per heavy atom. The molecule has 7 heteroatoms. The minimum absolute atomic E-state index is 0.0102. The lowest BCUT2D eigenvalue weighted by Crippen LogP contribution is -2.45. The first-order valence-electron chi connectivity index (χ1n) is 6.87. The summed E-state index contributed by atoms with van der Waals surface area (Å²) in [7, 11) is 0. The lowest BCUT2D eigenvalue weighted by atomic mass is 9.95. The van der Waals surface area contributed by atoms with Gasteiger partial charge in [-0.25, -0.2) is 9.59 Å². The van der Waals surface area contributed by atoms with Gasteiger partial charge in [-0.2, -0.15) is 0 Å². The number of allylic oxidation sites excluding steroid dienone is 1. The van der Waals surface area contributed by atoms with E-state index in [1.54, 1.807) is 19.1 Å². The maximum absolute atomic E-state index is 12.3. The number of aromatic hydroxyl groups is 1. The van der Waals surface area contributed by atoms with E-state index in [9.17, 15) is 14.7 Å². The average molecular weight is 369 g/mol. The second-order valence-electron chi connectivity index (χ2n) is 4.91. The van der Waals surface area contributed by atoms with Gasteiger partial charge in [0.25, 0.3) is 0 Å². The smallest absolute Gasteiger partial charge is 0.338 e. The molecule has 1 aromatic rings. The van der Waals surface area contributed by atoms with Crippen LogP contribution < -0.4 is 10.6 Å². The molecule has 118 valence electrons. The first kappa shape index (κ1) is 16.4. The maximum atomic E-state index is 12.3. The summed E-state index contributed by atoms with van der Waals surface area (Å²) in [5, 5.41) is 15.3. The Hall–Kier alpha value is -2.02. The summed E-state index contributed by atoms with van der Waals surface area (Å²) >= 11 is 3.32. The molecule has 1 aliphatic rings. The van der Waals surface area contributed by atoms with Crippen LogP contribution in [0.25, 0.3) is 0 Å². The van der Waals surface area contributed by atoms with Crippen molar-refractivity contribution in [1.29, 1.82) is 0 Å². The van der Waals surface area contributed by atoms with Crippen molar-refractivity contribution in [3.8, 4) is 5.75 Å². The molecule has 3 N–H and O–H groups in total. The number of hydrogen-bond acceptors (Lipinski definition) is 4. The van der Waals surface area contributed by atoms with Gasteiger partial charge in [-0.15, -0.1) is 0 Å². The minimum atomic E-state index is -0.768. The normalized spacial score (nSPS) is 17.8. The third-order valence-corrected chi connectivity index (χ3v) is 3.72. The van der Waals surface area contributed by atoms with Gasteiger partial charge in [-0.1, -0.05) is 22.9 Å². The van der Waals surface area contributed by atoms with Gasteiger partial charge in [0.15, 0.2) is 0 Å². The molecular weight excluding hydrogens is 352 g/mol. The van der Waals surface area contributed by atoms with Crippen molar-refractivity contribution in [3.05, 3.63) is 39.5 Å². The number of esters is 1. The zero-order chi connectivity index (χ0) is 16.3. The summed E-state index contributed by atoms with van der Waals surface area (Å²) in [6.07, 6.45) is 0.699. The van der Waals surface area contributed by atoms with Gasteiger partial charge in [0.2, 0.25) is 0 Å². The van der Waals surface area contributed by atoms with E-state index in [2.05, 4.69) is 26.6 Å². The zero-order valence-electron chi connectivity index (χ0n) is 12.3. The van der Waals surface area contributed by atoms with Gasteiger partial charge in [0.05, 0.1) is 18.2 Å². The van der Waals surface area contributed by atoms with Crippen LogP contribution in [0.15, 0.2) is 33.9 Å². The quantitative estimate of drug-likeness (QED) is 0.713. The number of hydrogen-bond donors (Lipinski definition) is 3. The van der Waals surface area contributed by atoms with Crippen LogP contribution in [0, 0.1) is 0 Å². The van der Waals surface area contributed by atoms with E-state index in [1.807, 2.05) is 6.92 Å². The number of phenolic OH excluding ortho intramolecular Hbond substituents is 1. The lowest BCUT2D eigenvalue weighted by Gasteiger charge is -2.28. The first-order chi connectivity index (χ1) is 10.4. The van der Waals surface area contributed by atoms with Crippen molar-refractivity contribution in [3.63, 3.8) is 0 Å². The highest BCUT2D eigenvalue weighted by atomic mass is 79.9. The summed E-state index contributed by atoms with van der Waals surface area (Å²) in [5.41, 5.74) is 1.11. The van der Waals surface area contributed by atoms with Gasteiger partial charge in [0, 0.05) is 15.7 Å². The van der Waals surface area contributed by atoms with Crippen molar-refractivity contribution in [2.45, 2.75) is 26.3 Å². The van der Waals surface area contributed by atoms with E-state index in [0.29, 0.717) is 24.3 Å². The summed E-state index contributed by atoms with van der Waals surface area (Å²) in [4.78, 5) is 24.0. The Bertz CT molecular complexity index is 642. The second-order valence-corrected chi connectivity index (χ2v) is 5.82. The van der Waals surface area contributed by atoms with Crippen LogP contribution in [0.5, 0.6) is 5.75 Å². The molecule has 0 saturated carbocycles. The van der Waals surface area contributed by atoms with Crippen LogP contribution in [0.3, 0.4) is 0 Å². The van der Waals surface area contributed by atoms with Gasteiger partial charge in [-0.3, -0.25) is 0 Å². The molecule has 0 fully saturated rings. The molecule has 0 spiro atoms. The standard InChI is InChI=1S/C15H17BrN2O4/c1-3-6-22-14(20)12-8(2)17-15(21)18-13(12)10-7-9(16)4-5-11(10)19/h4-5,7,13,19H,3,6H2,1-2H3,(H2,17,18,21). The van der Waals surface area contributed by atoms with Gasteiger partial charge >= 0.3 is 12.0 Å². The fraction of sp³-hybridized carbons (Fsp3) is 0.333. The number of phenols is 1. The number of urea groups is 1. The highest BCUT2D eigenvalue weighted by Gasteiger charge is 2.33. The van der Waals surface area contributed by atoms with Gasteiger partial charge < -0.3 is 20.5 Å². The Morgan fingerprint density at radius 1 is 1.45 bits per heavy atom. The van der Waals surface area contributed by atoms with Gasteiger partial charge in [0.1, 0.15) is 5.75 Å². The number of halogens is 1. The number of carbonyl (C=O) groups excluding carboxylic acids is 2.